The molecule has 0 atom stereocenters. The number of hydrogen-bond acceptors (Lipinski definition) is 4. The number of benzene rings is 1. The zero-order chi connectivity index (χ0) is 14.4. The molecule has 2 rings (SSSR count). The van der Waals surface area contributed by atoms with Crippen LogP contribution >= 0.6 is 0 Å². The van der Waals surface area contributed by atoms with E-state index in [-0.39, 0.29) is 6.61 Å². The van der Waals surface area contributed by atoms with Crippen LogP contribution < -0.4 is 4.90 Å². The van der Waals surface area contributed by atoms with E-state index in [1.165, 1.54) is 0 Å². The van der Waals surface area contributed by atoms with Gasteiger partial charge < -0.3 is 10.0 Å². The maximum absolute atomic E-state index is 9.34. The lowest BCUT2D eigenvalue weighted by Gasteiger charge is -2.23. The number of rotatable bonds is 6. The summed E-state index contributed by atoms with van der Waals surface area (Å²) in [5.41, 5.74) is 1.44. The number of anilines is 1. The Morgan fingerprint density at radius 1 is 1.30 bits per heavy atom. The quantitative estimate of drug-likeness (QED) is 0.876. The van der Waals surface area contributed by atoms with Gasteiger partial charge in [-0.25, -0.2) is 4.98 Å². The van der Waals surface area contributed by atoms with Crippen molar-refractivity contribution < 1.29 is 5.11 Å². The first-order chi connectivity index (χ1) is 9.80. The van der Waals surface area contributed by atoms with E-state index in [0.29, 0.717) is 17.9 Å². The third-order valence-corrected chi connectivity index (χ3v) is 3.28. The molecule has 1 aromatic carbocycles. The summed E-state index contributed by atoms with van der Waals surface area (Å²) in [5.74, 6) is 0.675. The number of fused-ring (bicyclic) bond motifs is 1. The molecule has 4 nitrogen and oxygen atoms in total. The summed E-state index contributed by atoms with van der Waals surface area (Å²) in [6.45, 7) is 3.48. The lowest BCUT2D eigenvalue weighted by atomic mass is 10.1. The van der Waals surface area contributed by atoms with Gasteiger partial charge in [-0.2, -0.15) is 5.26 Å². The minimum absolute atomic E-state index is 0.0586. The molecule has 104 valence electrons. The number of nitrogens with zero attached hydrogens (tertiary/aromatic N) is 3. The average molecular weight is 269 g/mol. The van der Waals surface area contributed by atoms with Gasteiger partial charge in [0, 0.05) is 18.5 Å². The summed E-state index contributed by atoms with van der Waals surface area (Å²) in [6.07, 6.45) is 2.08. The summed E-state index contributed by atoms with van der Waals surface area (Å²) in [5, 5.41) is 19.5. The number of unbranched alkanes of at least 4 members (excludes halogenated alkanes) is 1. The second kappa shape index (κ2) is 6.88. The predicted octanol–water partition coefficient (Wildman–Crippen LogP) is 2.71. The summed E-state index contributed by atoms with van der Waals surface area (Å²) in [4.78, 5) is 6.60. The fraction of sp³-hybridized carbons (Fsp3) is 0.375. The molecule has 0 saturated carbocycles. The molecule has 1 N–H and O–H groups in total. The zero-order valence-corrected chi connectivity index (χ0v) is 11.7. The van der Waals surface area contributed by atoms with Crippen molar-refractivity contribution in [3.8, 4) is 6.07 Å². The Morgan fingerprint density at radius 3 is 2.80 bits per heavy atom. The Morgan fingerprint density at radius 2 is 2.10 bits per heavy atom. The highest BCUT2D eigenvalue weighted by molar-refractivity contribution is 5.83. The second-order valence-electron chi connectivity index (χ2n) is 4.73. The van der Waals surface area contributed by atoms with Gasteiger partial charge in [-0.1, -0.05) is 31.5 Å². The third kappa shape index (κ3) is 3.06. The van der Waals surface area contributed by atoms with E-state index in [4.69, 9.17) is 0 Å². The van der Waals surface area contributed by atoms with Crippen LogP contribution in [-0.2, 0) is 0 Å². The molecule has 1 aromatic heterocycles. The molecule has 20 heavy (non-hydrogen) atoms. The Bertz CT molecular complexity index is 619. The Hall–Kier alpha value is -2.12. The van der Waals surface area contributed by atoms with Gasteiger partial charge in [-0.3, -0.25) is 0 Å². The van der Waals surface area contributed by atoms with E-state index in [2.05, 4.69) is 18.0 Å². The molecule has 0 radical (unpaired) electrons. The first kappa shape index (κ1) is 14.3. The van der Waals surface area contributed by atoms with Gasteiger partial charge in [0.05, 0.1) is 17.7 Å². The maximum atomic E-state index is 9.34. The first-order valence-corrected chi connectivity index (χ1v) is 6.95. The standard InChI is InChI=1S/C16H19N3O/c1-2-3-8-19(9-10-20)16-14(12-17)11-13-6-4-5-7-15(13)18-16/h4-7,11,20H,2-3,8-10H2,1H3. The fourth-order valence-corrected chi connectivity index (χ4v) is 2.22. The van der Waals surface area contributed by atoms with E-state index >= 15 is 0 Å². The lowest BCUT2D eigenvalue weighted by Crippen LogP contribution is -2.29. The molecule has 0 aliphatic rings. The molecule has 2 aromatic rings. The number of para-hydroxylation sites is 1. The minimum Gasteiger partial charge on any atom is -0.395 e. The van der Waals surface area contributed by atoms with Crippen molar-refractivity contribution in [2.24, 2.45) is 0 Å². The molecule has 0 unspecified atom stereocenters. The van der Waals surface area contributed by atoms with Crippen LogP contribution in [0.1, 0.15) is 25.3 Å². The number of aromatic nitrogens is 1. The summed E-state index contributed by atoms with van der Waals surface area (Å²) < 4.78 is 0. The van der Waals surface area contributed by atoms with Crippen LogP contribution in [0.3, 0.4) is 0 Å². The molecule has 0 saturated heterocycles. The highest BCUT2D eigenvalue weighted by Gasteiger charge is 2.13. The Labute approximate surface area is 119 Å². The molecule has 0 aliphatic carbocycles. The van der Waals surface area contributed by atoms with Crippen LogP contribution in [0.5, 0.6) is 0 Å². The first-order valence-electron chi connectivity index (χ1n) is 6.95. The van der Waals surface area contributed by atoms with Crippen LogP contribution in [0.15, 0.2) is 30.3 Å². The fourth-order valence-electron chi connectivity index (χ4n) is 2.22. The Balaban J connectivity index is 2.46. The Kier molecular flexibility index (Phi) is 4.91. The topological polar surface area (TPSA) is 60.1 Å². The van der Waals surface area contributed by atoms with Crippen LogP contribution in [0, 0.1) is 11.3 Å². The SMILES string of the molecule is CCCCN(CCO)c1nc2ccccc2cc1C#N. The van der Waals surface area contributed by atoms with Gasteiger partial charge in [0.25, 0.3) is 0 Å². The van der Waals surface area contributed by atoms with Crippen molar-refractivity contribution in [3.05, 3.63) is 35.9 Å². The number of aliphatic hydroxyl groups is 1. The normalized spacial score (nSPS) is 10.4. The molecule has 0 amide bonds. The van der Waals surface area contributed by atoms with Crippen molar-refractivity contribution in [2.45, 2.75) is 19.8 Å². The highest BCUT2D eigenvalue weighted by Crippen LogP contribution is 2.23. The van der Waals surface area contributed by atoms with Crippen molar-refractivity contribution in [1.29, 1.82) is 5.26 Å². The smallest absolute Gasteiger partial charge is 0.147 e. The van der Waals surface area contributed by atoms with Gasteiger partial charge in [0.15, 0.2) is 0 Å². The largest absolute Gasteiger partial charge is 0.395 e. The average Bonchev–Trinajstić information content (AvgIpc) is 2.50. The molecule has 4 heteroatoms. The summed E-state index contributed by atoms with van der Waals surface area (Å²) in [7, 11) is 0. The van der Waals surface area contributed by atoms with Crippen molar-refractivity contribution >= 4 is 16.7 Å². The summed E-state index contributed by atoms with van der Waals surface area (Å²) >= 11 is 0. The lowest BCUT2D eigenvalue weighted by molar-refractivity contribution is 0.301. The van der Waals surface area contributed by atoms with E-state index in [9.17, 15) is 10.4 Å². The van der Waals surface area contributed by atoms with Crippen molar-refractivity contribution in [1.82, 2.24) is 4.98 Å². The van der Waals surface area contributed by atoms with Gasteiger partial charge >= 0.3 is 0 Å². The van der Waals surface area contributed by atoms with E-state index < -0.39 is 0 Å². The monoisotopic (exact) mass is 269 g/mol. The summed E-state index contributed by atoms with van der Waals surface area (Å²) in [6, 6.07) is 11.9. The van der Waals surface area contributed by atoms with Crippen molar-refractivity contribution in [3.63, 3.8) is 0 Å². The molecule has 0 bridgehead atoms. The molecule has 0 spiro atoms. The molecular formula is C16H19N3O. The molecule has 0 fully saturated rings. The van der Waals surface area contributed by atoms with Crippen LogP contribution in [0.2, 0.25) is 0 Å². The van der Waals surface area contributed by atoms with Gasteiger partial charge in [0.2, 0.25) is 0 Å². The molecular weight excluding hydrogens is 250 g/mol. The number of pyridine rings is 1. The minimum atomic E-state index is 0.0586. The second-order valence-corrected chi connectivity index (χ2v) is 4.73. The number of nitriles is 1. The van der Waals surface area contributed by atoms with Gasteiger partial charge in [0.1, 0.15) is 11.9 Å². The predicted molar refractivity (Wildman–Crippen MR) is 80.7 cm³/mol. The van der Waals surface area contributed by atoms with E-state index in [1.807, 2.05) is 35.2 Å². The molecule has 1 heterocycles. The van der Waals surface area contributed by atoms with Crippen molar-refractivity contribution in [2.75, 3.05) is 24.6 Å². The molecule has 0 aliphatic heterocycles. The third-order valence-electron chi connectivity index (χ3n) is 3.28. The number of aliphatic hydroxyl groups excluding tert-OH is 1. The van der Waals surface area contributed by atoms with E-state index in [0.717, 1.165) is 30.3 Å². The van der Waals surface area contributed by atoms with Crippen LogP contribution in [0.4, 0.5) is 5.82 Å². The highest BCUT2D eigenvalue weighted by atomic mass is 16.3. The van der Waals surface area contributed by atoms with Gasteiger partial charge in [-0.05, 0) is 18.6 Å². The van der Waals surface area contributed by atoms with Gasteiger partial charge in [-0.15, -0.1) is 0 Å². The van der Waals surface area contributed by atoms with Crippen LogP contribution in [-0.4, -0.2) is 29.8 Å². The van der Waals surface area contributed by atoms with E-state index in [1.54, 1.807) is 0 Å². The van der Waals surface area contributed by atoms with Crippen LogP contribution in [0.25, 0.3) is 10.9 Å². The maximum Gasteiger partial charge on any atom is 0.147 e. The zero-order valence-electron chi connectivity index (χ0n) is 11.7. The number of hydrogen-bond donors (Lipinski definition) is 1.